The zero-order valence-corrected chi connectivity index (χ0v) is 15.0. The van der Waals surface area contributed by atoms with Gasteiger partial charge in [0.05, 0.1) is 11.7 Å². The Morgan fingerprint density at radius 1 is 1.25 bits per heavy atom. The second-order valence-corrected chi connectivity index (χ2v) is 7.45. The molecular formula is C19H30N2O3. The zero-order valence-electron chi connectivity index (χ0n) is 15.0. The molecule has 2 rings (SSSR count). The van der Waals surface area contributed by atoms with E-state index in [0.717, 1.165) is 38.0 Å². The molecule has 0 bridgehead atoms. The number of rotatable bonds is 6. The van der Waals surface area contributed by atoms with Crippen LogP contribution < -0.4 is 5.32 Å². The summed E-state index contributed by atoms with van der Waals surface area (Å²) < 4.78 is 5.50. The monoisotopic (exact) mass is 334 g/mol. The van der Waals surface area contributed by atoms with Gasteiger partial charge in [0.1, 0.15) is 6.61 Å². The van der Waals surface area contributed by atoms with Crippen LogP contribution in [-0.4, -0.2) is 47.3 Å². The number of piperidine rings is 1. The maximum atomic E-state index is 11.9. The van der Waals surface area contributed by atoms with Gasteiger partial charge in [0, 0.05) is 26.2 Å². The molecule has 134 valence electrons. The first kappa shape index (κ1) is 18.9. The van der Waals surface area contributed by atoms with Gasteiger partial charge in [-0.25, -0.2) is 0 Å². The van der Waals surface area contributed by atoms with Crippen LogP contribution in [0.4, 0.5) is 0 Å². The molecule has 1 aliphatic heterocycles. The van der Waals surface area contributed by atoms with E-state index in [0.29, 0.717) is 6.54 Å². The number of nitrogens with one attached hydrogen (secondary N) is 1. The van der Waals surface area contributed by atoms with Crippen LogP contribution in [0.15, 0.2) is 24.3 Å². The van der Waals surface area contributed by atoms with Crippen LogP contribution in [0.25, 0.3) is 0 Å². The summed E-state index contributed by atoms with van der Waals surface area (Å²) in [4.78, 5) is 14.3. The highest BCUT2D eigenvalue weighted by Crippen LogP contribution is 2.16. The van der Waals surface area contributed by atoms with Crippen LogP contribution in [-0.2, 0) is 22.6 Å². The molecule has 1 aliphatic rings. The summed E-state index contributed by atoms with van der Waals surface area (Å²) in [5.41, 5.74) is 2.05. The summed E-state index contributed by atoms with van der Waals surface area (Å²) in [5.74, 6) is -0.0965. The Balaban J connectivity index is 1.86. The molecule has 2 N–H and O–H groups in total. The number of amides is 1. The van der Waals surface area contributed by atoms with Crippen LogP contribution >= 0.6 is 0 Å². The number of aliphatic hydroxyl groups is 1. The van der Waals surface area contributed by atoms with Crippen LogP contribution in [0.2, 0.25) is 0 Å². The SMILES string of the molecule is CC(C)(C)OCC(=O)NCc1ccccc1CN1CCC(O)CC1. The van der Waals surface area contributed by atoms with E-state index in [1.807, 2.05) is 32.9 Å². The highest BCUT2D eigenvalue weighted by Gasteiger charge is 2.18. The van der Waals surface area contributed by atoms with E-state index in [4.69, 9.17) is 4.74 Å². The first-order chi connectivity index (χ1) is 11.3. The van der Waals surface area contributed by atoms with Crippen molar-refractivity contribution >= 4 is 5.91 Å². The van der Waals surface area contributed by atoms with E-state index >= 15 is 0 Å². The number of likely N-dealkylation sites (tertiary alicyclic amines) is 1. The van der Waals surface area contributed by atoms with Crippen molar-refractivity contribution in [3.63, 3.8) is 0 Å². The van der Waals surface area contributed by atoms with Gasteiger partial charge in [0.15, 0.2) is 0 Å². The van der Waals surface area contributed by atoms with Crippen molar-refractivity contribution in [1.29, 1.82) is 0 Å². The standard InChI is InChI=1S/C19H30N2O3/c1-19(2,3)24-14-18(23)20-12-15-6-4-5-7-16(15)13-21-10-8-17(22)9-11-21/h4-7,17,22H,8-14H2,1-3H3,(H,20,23). The van der Waals surface area contributed by atoms with E-state index in [2.05, 4.69) is 22.3 Å². The number of hydrogen-bond acceptors (Lipinski definition) is 4. The summed E-state index contributed by atoms with van der Waals surface area (Å²) in [7, 11) is 0. The number of hydrogen-bond donors (Lipinski definition) is 2. The van der Waals surface area contributed by atoms with Crippen molar-refractivity contribution in [3.05, 3.63) is 35.4 Å². The fourth-order valence-electron chi connectivity index (χ4n) is 2.73. The number of benzene rings is 1. The molecular weight excluding hydrogens is 304 g/mol. The van der Waals surface area contributed by atoms with Gasteiger partial charge < -0.3 is 15.2 Å². The van der Waals surface area contributed by atoms with E-state index < -0.39 is 0 Å². The first-order valence-electron chi connectivity index (χ1n) is 8.71. The number of aliphatic hydroxyl groups excluding tert-OH is 1. The Kier molecular flexibility index (Phi) is 6.78. The van der Waals surface area contributed by atoms with Crippen LogP contribution in [0, 0.1) is 0 Å². The Morgan fingerprint density at radius 2 is 1.88 bits per heavy atom. The molecule has 24 heavy (non-hydrogen) atoms. The van der Waals surface area contributed by atoms with E-state index in [-0.39, 0.29) is 24.2 Å². The van der Waals surface area contributed by atoms with Gasteiger partial charge in [-0.3, -0.25) is 9.69 Å². The van der Waals surface area contributed by atoms with Crippen LogP contribution in [0.3, 0.4) is 0 Å². The molecule has 0 aliphatic carbocycles. The highest BCUT2D eigenvalue weighted by molar-refractivity contribution is 5.77. The van der Waals surface area contributed by atoms with Gasteiger partial charge in [-0.2, -0.15) is 0 Å². The smallest absolute Gasteiger partial charge is 0.246 e. The summed E-state index contributed by atoms with van der Waals surface area (Å²) in [6.45, 7) is 9.09. The third kappa shape index (κ3) is 6.59. The minimum Gasteiger partial charge on any atom is -0.393 e. The van der Waals surface area contributed by atoms with E-state index in [1.165, 1.54) is 5.56 Å². The number of nitrogens with zero attached hydrogens (tertiary/aromatic N) is 1. The lowest BCUT2D eigenvalue weighted by molar-refractivity contribution is -0.130. The molecule has 0 unspecified atom stereocenters. The van der Waals surface area contributed by atoms with E-state index in [1.54, 1.807) is 0 Å². The van der Waals surface area contributed by atoms with Gasteiger partial charge in [-0.05, 0) is 44.7 Å². The molecule has 1 amide bonds. The van der Waals surface area contributed by atoms with E-state index in [9.17, 15) is 9.90 Å². The maximum absolute atomic E-state index is 11.9. The van der Waals surface area contributed by atoms with Crippen molar-refractivity contribution in [2.75, 3.05) is 19.7 Å². The minimum atomic E-state index is -0.311. The van der Waals surface area contributed by atoms with Gasteiger partial charge >= 0.3 is 0 Å². The number of carbonyl (C=O) groups is 1. The Bertz CT molecular complexity index is 532. The molecule has 0 radical (unpaired) electrons. The summed E-state index contributed by atoms with van der Waals surface area (Å²) >= 11 is 0. The molecule has 0 saturated carbocycles. The molecule has 1 heterocycles. The molecule has 1 aromatic carbocycles. The van der Waals surface area contributed by atoms with Crippen LogP contribution in [0.1, 0.15) is 44.7 Å². The first-order valence-corrected chi connectivity index (χ1v) is 8.71. The molecule has 5 nitrogen and oxygen atoms in total. The largest absolute Gasteiger partial charge is 0.393 e. The second kappa shape index (κ2) is 8.60. The van der Waals surface area contributed by atoms with Crippen molar-refractivity contribution in [3.8, 4) is 0 Å². The van der Waals surface area contributed by atoms with Gasteiger partial charge in [0.25, 0.3) is 0 Å². The topological polar surface area (TPSA) is 61.8 Å². The fraction of sp³-hybridized carbons (Fsp3) is 0.632. The molecule has 0 atom stereocenters. The summed E-state index contributed by atoms with van der Waals surface area (Å²) in [6, 6.07) is 8.19. The predicted molar refractivity (Wildman–Crippen MR) is 94.5 cm³/mol. The molecule has 0 spiro atoms. The maximum Gasteiger partial charge on any atom is 0.246 e. The Labute approximate surface area is 145 Å². The Hall–Kier alpha value is -1.43. The molecule has 5 heteroatoms. The zero-order chi connectivity index (χ0) is 17.6. The van der Waals surface area contributed by atoms with Crippen molar-refractivity contribution in [2.24, 2.45) is 0 Å². The normalized spacial score (nSPS) is 17.0. The van der Waals surface area contributed by atoms with Crippen molar-refractivity contribution in [2.45, 2.75) is 58.4 Å². The van der Waals surface area contributed by atoms with Gasteiger partial charge in [-0.1, -0.05) is 24.3 Å². The average molecular weight is 334 g/mol. The quantitative estimate of drug-likeness (QED) is 0.836. The lowest BCUT2D eigenvalue weighted by Crippen LogP contribution is -2.36. The average Bonchev–Trinajstić information content (AvgIpc) is 2.53. The lowest BCUT2D eigenvalue weighted by atomic mass is 10.0. The number of carbonyl (C=O) groups excluding carboxylic acids is 1. The lowest BCUT2D eigenvalue weighted by Gasteiger charge is -2.30. The second-order valence-electron chi connectivity index (χ2n) is 7.45. The minimum absolute atomic E-state index is 0.0790. The van der Waals surface area contributed by atoms with Crippen LogP contribution in [0.5, 0.6) is 0 Å². The number of ether oxygens (including phenoxy) is 1. The summed E-state index contributed by atoms with van der Waals surface area (Å²) in [6.07, 6.45) is 1.52. The fourth-order valence-corrected chi connectivity index (χ4v) is 2.73. The Morgan fingerprint density at radius 3 is 2.50 bits per heavy atom. The molecule has 1 aromatic rings. The third-order valence-electron chi connectivity index (χ3n) is 4.18. The molecule has 1 fully saturated rings. The molecule has 1 saturated heterocycles. The van der Waals surface area contributed by atoms with Gasteiger partial charge in [-0.15, -0.1) is 0 Å². The third-order valence-corrected chi connectivity index (χ3v) is 4.18. The predicted octanol–water partition coefficient (Wildman–Crippen LogP) is 2.07. The van der Waals surface area contributed by atoms with Crippen molar-refractivity contribution < 1.29 is 14.6 Å². The van der Waals surface area contributed by atoms with Gasteiger partial charge in [0.2, 0.25) is 5.91 Å². The summed E-state index contributed by atoms with van der Waals surface area (Å²) in [5, 5.41) is 12.5. The highest BCUT2D eigenvalue weighted by atomic mass is 16.5. The molecule has 0 aromatic heterocycles. The van der Waals surface area contributed by atoms with Crippen molar-refractivity contribution in [1.82, 2.24) is 10.2 Å².